The highest BCUT2D eigenvalue weighted by atomic mass is 16.5. The third-order valence-electron chi connectivity index (χ3n) is 1.83. The molecule has 0 amide bonds. The Balaban J connectivity index is 3.09. The molecule has 0 heterocycles. The molecular formula is C11H22O3. The first-order valence-corrected chi connectivity index (χ1v) is 5.40. The molecule has 0 bridgehead atoms. The third-order valence-corrected chi connectivity index (χ3v) is 1.83. The molecule has 0 N–H and O–H groups in total. The molecule has 0 spiro atoms. The number of rotatable bonds is 8. The smallest absolute Gasteiger partial charge is 0.308 e. The van der Waals surface area contributed by atoms with Crippen LogP contribution in [0.3, 0.4) is 0 Å². The first-order chi connectivity index (χ1) is 6.66. The molecular weight excluding hydrogens is 180 g/mol. The van der Waals surface area contributed by atoms with Crippen LogP contribution in [0.5, 0.6) is 0 Å². The highest BCUT2D eigenvalue weighted by molar-refractivity contribution is 5.69. The lowest BCUT2D eigenvalue weighted by Crippen LogP contribution is -2.08. The monoisotopic (exact) mass is 202 g/mol. The number of esters is 1. The van der Waals surface area contributed by atoms with E-state index < -0.39 is 0 Å². The Hall–Kier alpha value is -0.570. The lowest BCUT2D eigenvalue weighted by Gasteiger charge is -2.05. The first-order valence-electron chi connectivity index (χ1n) is 5.40. The lowest BCUT2D eigenvalue weighted by atomic mass is 10.1. The van der Waals surface area contributed by atoms with Crippen molar-refractivity contribution < 1.29 is 14.3 Å². The van der Waals surface area contributed by atoms with Gasteiger partial charge in [-0.2, -0.15) is 0 Å². The van der Waals surface area contributed by atoms with Crippen LogP contribution in [0.4, 0.5) is 0 Å². The van der Waals surface area contributed by atoms with E-state index in [1.54, 1.807) is 6.92 Å². The van der Waals surface area contributed by atoms with Crippen molar-refractivity contribution in [2.45, 2.75) is 40.0 Å². The van der Waals surface area contributed by atoms with Gasteiger partial charge in [0, 0.05) is 6.61 Å². The van der Waals surface area contributed by atoms with E-state index in [-0.39, 0.29) is 5.97 Å². The summed E-state index contributed by atoms with van der Waals surface area (Å²) in [7, 11) is 0. The van der Waals surface area contributed by atoms with Gasteiger partial charge in [0.2, 0.25) is 0 Å². The number of ether oxygens (including phenoxy) is 2. The Morgan fingerprint density at radius 3 is 2.57 bits per heavy atom. The van der Waals surface area contributed by atoms with E-state index in [2.05, 4.69) is 13.8 Å². The number of carbonyl (C=O) groups is 1. The Morgan fingerprint density at radius 2 is 2.00 bits per heavy atom. The second-order valence-electron chi connectivity index (χ2n) is 3.70. The molecule has 0 aromatic carbocycles. The molecule has 0 aromatic heterocycles. The van der Waals surface area contributed by atoms with Crippen LogP contribution in [0, 0.1) is 5.92 Å². The van der Waals surface area contributed by atoms with Crippen LogP contribution in [0.2, 0.25) is 0 Å². The maximum Gasteiger partial charge on any atom is 0.308 e. The number of carbonyl (C=O) groups excluding carboxylic acids is 1. The molecule has 0 aromatic rings. The van der Waals surface area contributed by atoms with Gasteiger partial charge in [-0.05, 0) is 25.7 Å². The molecule has 0 atom stereocenters. The predicted octanol–water partition coefficient (Wildman–Crippen LogP) is 2.39. The quantitative estimate of drug-likeness (QED) is 0.448. The van der Waals surface area contributed by atoms with Crippen LogP contribution in [0.1, 0.15) is 40.0 Å². The molecule has 0 aliphatic rings. The summed E-state index contributed by atoms with van der Waals surface area (Å²) in [5.74, 6) is 0.556. The predicted molar refractivity (Wildman–Crippen MR) is 56.1 cm³/mol. The summed E-state index contributed by atoms with van der Waals surface area (Å²) in [6.45, 7) is 7.87. The standard InChI is InChI=1S/C11H22O3/c1-4-14-11(12)7-9-13-8-5-6-10(2)3/h10H,4-9H2,1-3H3. The summed E-state index contributed by atoms with van der Waals surface area (Å²) < 4.78 is 10.1. The summed E-state index contributed by atoms with van der Waals surface area (Å²) in [5, 5.41) is 0. The molecule has 14 heavy (non-hydrogen) atoms. The van der Waals surface area contributed by atoms with E-state index in [1.165, 1.54) is 6.42 Å². The molecule has 0 saturated heterocycles. The molecule has 0 rings (SSSR count). The van der Waals surface area contributed by atoms with Crippen LogP contribution in [-0.2, 0) is 14.3 Å². The van der Waals surface area contributed by atoms with Gasteiger partial charge >= 0.3 is 5.97 Å². The van der Waals surface area contributed by atoms with Gasteiger partial charge in [-0.25, -0.2) is 0 Å². The Bertz CT molecular complexity index is 143. The summed E-state index contributed by atoms with van der Waals surface area (Å²) in [4.78, 5) is 10.9. The SMILES string of the molecule is CCOC(=O)CCOCCCC(C)C. The summed E-state index contributed by atoms with van der Waals surface area (Å²) in [6.07, 6.45) is 2.62. The maximum absolute atomic E-state index is 10.9. The second-order valence-corrected chi connectivity index (χ2v) is 3.70. The maximum atomic E-state index is 10.9. The zero-order valence-electron chi connectivity index (χ0n) is 9.54. The van der Waals surface area contributed by atoms with Gasteiger partial charge < -0.3 is 9.47 Å². The Labute approximate surface area is 86.8 Å². The van der Waals surface area contributed by atoms with Crippen LogP contribution < -0.4 is 0 Å². The van der Waals surface area contributed by atoms with E-state index in [4.69, 9.17) is 9.47 Å². The molecule has 3 nitrogen and oxygen atoms in total. The number of hydrogen-bond acceptors (Lipinski definition) is 3. The van der Waals surface area contributed by atoms with Crippen LogP contribution in [0.15, 0.2) is 0 Å². The van der Waals surface area contributed by atoms with Crippen molar-refractivity contribution in [2.24, 2.45) is 5.92 Å². The summed E-state index contributed by atoms with van der Waals surface area (Å²) >= 11 is 0. The fourth-order valence-corrected chi connectivity index (χ4v) is 1.08. The van der Waals surface area contributed by atoms with Crippen molar-refractivity contribution in [3.8, 4) is 0 Å². The minimum absolute atomic E-state index is 0.170. The zero-order chi connectivity index (χ0) is 10.8. The normalized spacial score (nSPS) is 10.6. The van der Waals surface area contributed by atoms with Gasteiger partial charge in [-0.15, -0.1) is 0 Å². The van der Waals surface area contributed by atoms with Crippen molar-refractivity contribution in [2.75, 3.05) is 19.8 Å². The average Bonchev–Trinajstić information content (AvgIpc) is 2.11. The average molecular weight is 202 g/mol. The Morgan fingerprint density at radius 1 is 1.29 bits per heavy atom. The fraction of sp³-hybridized carbons (Fsp3) is 0.909. The molecule has 84 valence electrons. The summed E-state index contributed by atoms with van der Waals surface area (Å²) in [5.41, 5.74) is 0. The minimum Gasteiger partial charge on any atom is -0.466 e. The van der Waals surface area contributed by atoms with Crippen molar-refractivity contribution >= 4 is 5.97 Å². The van der Waals surface area contributed by atoms with Crippen LogP contribution >= 0.6 is 0 Å². The van der Waals surface area contributed by atoms with Crippen LogP contribution in [0.25, 0.3) is 0 Å². The van der Waals surface area contributed by atoms with Crippen molar-refractivity contribution in [1.82, 2.24) is 0 Å². The van der Waals surface area contributed by atoms with E-state index in [1.807, 2.05) is 0 Å². The van der Waals surface area contributed by atoms with Gasteiger partial charge in [-0.1, -0.05) is 13.8 Å². The Kier molecular flexibility index (Phi) is 8.64. The van der Waals surface area contributed by atoms with Gasteiger partial charge in [0.05, 0.1) is 19.6 Å². The topological polar surface area (TPSA) is 35.5 Å². The number of hydrogen-bond donors (Lipinski definition) is 0. The van der Waals surface area contributed by atoms with Gasteiger partial charge in [-0.3, -0.25) is 4.79 Å². The zero-order valence-corrected chi connectivity index (χ0v) is 9.54. The molecule has 0 fully saturated rings. The van der Waals surface area contributed by atoms with E-state index in [9.17, 15) is 4.79 Å². The van der Waals surface area contributed by atoms with Gasteiger partial charge in [0.25, 0.3) is 0 Å². The highest BCUT2D eigenvalue weighted by Crippen LogP contribution is 2.03. The largest absolute Gasteiger partial charge is 0.466 e. The van der Waals surface area contributed by atoms with Crippen LogP contribution in [-0.4, -0.2) is 25.8 Å². The molecule has 0 unspecified atom stereocenters. The minimum atomic E-state index is -0.170. The summed E-state index contributed by atoms with van der Waals surface area (Å²) in [6, 6.07) is 0. The fourth-order valence-electron chi connectivity index (χ4n) is 1.08. The third kappa shape index (κ3) is 9.52. The molecule has 0 aliphatic heterocycles. The van der Waals surface area contributed by atoms with E-state index in [0.29, 0.717) is 19.6 Å². The lowest BCUT2D eigenvalue weighted by molar-refractivity contribution is -0.144. The molecule has 0 radical (unpaired) electrons. The molecule has 0 aliphatic carbocycles. The van der Waals surface area contributed by atoms with Crippen molar-refractivity contribution in [1.29, 1.82) is 0 Å². The molecule has 3 heteroatoms. The van der Waals surface area contributed by atoms with E-state index in [0.717, 1.165) is 18.9 Å². The van der Waals surface area contributed by atoms with Gasteiger partial charge in [0.1, 0.15) is 0 Å². The van der Waals surface area contributed by atoms with E-state index >= 15 is 0 Å². The first kappa shape index (κ1) is 13.4. The van der Waals surface area contributed by atoms with Crippen molar-refractivity contribution in [3.05, 3.63) is 0 Å². The highest BCUT2D eigenvalue weighted by Gasteiger charge is 2.00. The van der Waals surface area contributed by atoms with Crippen molar-refractivity contribution in [3.63, 3.8) is 0 Å². The van der Waals surface area contributed by atoms with Gasteiger partial charge in [0.15, 0.2) is 0 Å². The molecule has 0 saturated carbocycles. The second kappa shape index (κ2) is 9.00.